The number of benzene rings is 2. The Balaban J connectivity index is 2.31. The van der Waals surface area contributed by atoms with Crippen LogP contribution in [-0.2, 0) is 10.0 Å². The van der Waals surface area contributed by atoms with Crippen molar-refractivity contribution in [3.63, 3.8) is 0 Å². The Morgan fingerprint density at radius 1 is 0.964 bits per heavy atom. The number of carbonyl (C=O) groups excluding carboxylic acids is 2. The van der Waals surface area contributed by atoms with Crippen LogP contribution in [0.1, 0.15) is 41.5 Å². The minimum atomic E-state index is -3.50. The zero-order valence-corrected chi connectivity index (χ0v) is 17.5. The third-order valence-corrected chi connectivity index (χ3v) is 4.36. The van der Waals surface area contributed by atoms with Crippen LogP contribution in [-0.4, -0.2) is 32.0 Å². The predicted molar refractivity (Wildman–Crippen MR) is 112 cm³/mol. The number of nitrogens with one attached hydrogen (secondary N) is 3. The molecule has 7 nitrogen and oxygen atoms in total. The van der Waals surface area contributed by atoms with Crippen LogP contribution in [0.5, 0.6) is 0 Å². The van der Waals surface area contributed by atoms with E-state index >= 15 is 0 Å². The van der Waals surface area contributed by atoms with Crippen molar-refractivity contribution in [2.75, 3.05) is 16.3 Å². The lowest BCUT2D eigenvalue weighted by Gasteiger charge is -2.21. The molecule has 3 N–H and O–H groups in total. The van der Waals surface area contributed by atoms with Gasteiger partial charge in [-0.25, -0.2) is 8.42 Å². The molecule has 0 heterocycles. The lowest BCUT2D eigenvalue weighted by Crippen LogP contribution is -2.40. The number of anilines is 2. The Labute approximate surface area is 169 Å². The highest BCUT2D eigenvalue weighted by Gasteiger charge is 2.20. The van der Waals surface area contributed by atoms with Crippen LogP contribution in [0.15, 0.2) is 42.5 Å². The molecule has 0 fully saturated rings. The lowest BCUT2D eigenvalue weighted by molar-refractivity contribution is 0.0920. The van der Waals surface area contributed by atoms with Gasteiger partial charge in [-0.15, -0.1) is 0 Å². The van der Waals surface area contributed by atoms with Crippen LogP contribution < -0.4 is 15.4 Å². The first-order valence-corrected chi connectivity index (χ1v) is 10.6. The number of amides is 2. The van der Waals surface area contributed by atoms with Crippen molar-refractivity contribution in [2.45, 2.75) is 26.3 Å². The minimum absolute atomic E-state index is 0.0707. The second-order valence-electron chi connectivity index (χ2n) is 7.27. The summed E-state index contributed by atoms with van der Waals surface area (Å²) in [7, 11) is -3.50. The number of halogens is 1. The fourth-order valence-corrected chi connectivity index (χ4v) is 3.12. The molecule has 0 radical (unpaired) electrons. The molecule has 2 aromatic rings. The number of sulfonamides is 1. The van der Waals surface area contributed by atoms with Gasteiger partial charge in [-0.1, -0.05) is 23.7 Å². The second kappa shape index (κ2) is 8.20. The van der Waals surface area contributed by atoms with Gasteiger partial charge in [0.05, 0.1) is 28.1 Å². The van der Waals surface area contributed by atoms with Crippen molar-refractivity contribution in [1.29, 1.82) is 0 Å². The Morgan fingerprint density at radius 3 is 2.21 bits per heavy atom. The Morgan fingerprint density at radius 2 is 1.61 bits per heavy atom. The summed E-state index contributed by atoms with van der Waals surface area (Å²) in [4.78, 5) is 25.2. The fraction of sp³-hybridized carbons (Fsp3) is 0.263. The first kappa shape index (κ1) is 21.7. The molecule has 0 aliphatic rings. The summed E-state index contributed by atoms with van der Waals surface area (Å²) in [6.07, 6.45) is 1.01. The zero-order valence-electron chi connectivity index (χ0n) is 16.0. The molecular formula is C19H22ClN3O4S. The van der Waals surface area contributed by atoms with Gasteiger partial charge in [-0.2, -0.15) is 0 Å². The largest absolute Gasteiger partial charge is 0.347 e. The summed E-state index contributed by atoms with van der Waals surface area (Å²) in [6, 6.07) is 10.8. The van der Waals surface area contributed by atoms with Crippen LogP contribution in [0, 0.1) is 0 Å². The lowest BCUT2D eigenvalue weighted by atomic mass is 10.1. The number of para-hydroxylation sites is 1. The van der Waals surface area contributed by atoms with Crippen molar-refractivity contribution in [1.82, 2.24) is 5.32 Å². The Kier molecular flexibility index (Phi) is 6.36. The van der Waals surface area contributed by atoms with E-state index in [0.29, 0.717) is 11.3 Å². The van der Waals surface area contributed by atoms with E-state index in [2.05, 4.69) is 15.4 Å². The molecule has 0 bridgehead atoms. The van der Waals surface area contributed by atoms with Crippen LogP contribution in [0.4, 0.5) is 11.4 Å². The Bertz CT molecular complexity index is 1010. The SMILES string of the molecule is CC(C)(C)NC(=O)c1ccccc1NC(=O)c1cc(NS(C)(=O)=O)ccc1Cl. The number of hydrogen-bond donors (Lipinski definition) is 3. The molecule has 0 saturated carbocycles. The standard InChI is InChI=1S/C19H22ClN3O4S/c1-19(2,3)22-18(25)13-7-5-6-8-16(13)21-17(24)14-11-12(9-10-15(14)20)23-28(4,26)27/h5-11,23H,1-4H3,(H,21,24)(H,22,25). The van der Waals surface area contributed by atoms with E-state index in [0.717, 1.165) is 6.26 Å². The fourth-order valence-electron chi connectivity index (χ4n) is 2.36. The van der Waals surface area contributed by atoms with E-state index in [9.17, 15) is 18.0 Å². The van der Waals surface area contributed by atoms with E-state index in [1.165, 1.54) is 18.2 Å². The number of carbonyl (C=O) groups is 2. The van der Waals surface area contributed by atoms with Gasteiger partial charge in [-0.3, -0.25) is 14.3 Å². The van der Waals surface area contributed by atoms with E-state index < -0.39 is 21.5 Å². The van der Waals surface area contributed by atoms with Gasteiger partial charge in [0, 0.05) is 11.2 Å². The summed E-state index contributed by atoms with van der Waals surface area (Å²) < 4.78 is 25.1. The quantitative estimate of drug-likeness (QED) is 0.684. The van der Waals surface area contributed by atoms with E-state index in [-0.39, 0.29) is 22.2 Å². The molecule has 2 aromatic carbocycles. The molecule has 2 rings (SSSR count). The van der Waals surface area contributed by atoms with Crippen molar-refractivity contribution >= 4 is 44.8 Å². The minimum Gasteiger partial charge on any atom is -0.347 e. The molecule has 0 aliphatic heterocycles. The summed E-state index contributed by atoms with van der Waals surface area (Å²) in [5.74, 6) is -0.903. The van der Waals surface area contributed by atoms with E-state index in [4.69, 9.17) is 11.6 Å². The molecule has 0 atom stereocenters. The molecule has 2 amide bonds. The average molecular weight is 424 g/mol. The van der Waals surface area contributed by atoms with Crippen LogP contribution >= 0.6 is 11.6 Å². The summed E-state index contributed by atoms with van der Waals surface area (Å²) in [6.45, 7) is 5.56. The highest BCUT2D eigenvalue weighted by atomic mass is 35.5. The van der Waals surface area contributed by atoms with Crippen LogP contribution in [0.3, 0.4) is 0 Å². The van der Waals surface area contributed by atoms with E-state index in [1.807, 2.05) is 20.8 Å². The van der Waals surface area contributed by atoms with Crippen molar-refractivity contribution in [3.8, 4) is 0 Å². The van der Waals surface area contributed by atoms with Crippen LogP contribution in [0.25, 0.3) is 0 Å². The molecule has 9 heteroatoms. The monoisotopic (exact) mass is 423 g/mol. The first-order chi connectivity index (χ1) is 12.9. The molecule has 0 aromatic heterocycles. The third kappa shape index (κ3) is 6.24. The number of rotatable bonds is 5. The molecule has 0 unspecified atom stereocenters. The first-order valence-electron chi connectivity index (χ1n) is 8.36. The molecule has 0 aliphatic carbocycles. The van der Waals surface area contributed by atoms with Gasteiger partial charge in [0.25, 0.3) is 11.8 Å². The van der Waals surface area contributed by atoms with Crippen molar-refractivity contribution < 1.29 is 18.0 Å². The van der Waals surface area contributed by atoms with Gasteiger partial charge >= 0.3 is 0 Å². The maximum absolute atomic E-state index is 12.7. The highest BCUT2D eigenvalue weighted by Crippen LogP contribution is 2.24. The van der Waals surface area contributed by atoms with Gasteiger partial charge in [0.1, 0.15) is 0 Å². The summed E-state index contributed by atoms with van der Waals surface area (Å²) in [5.41, 5.74) is 0.444. The maximum atomic E-state index is 12.7. The topological polar surface area (TPSA) is 104 Å². The number of hydrogen-bond acceptors (Lipinski definition) is 4. The molecular weight excluding hydrogens is 402 g/mol. The molecule has 0 spiro atoms. The summed E-state index contributed by atoms with van der Waals surface area (Å²) >= 11 is 6.10. The van der Waals surface area contributed by atoms with Crippen molar-refractivity contribution in [2.24, 2.45) is 0 Å². The van der Waals surface area contributed by atoms with Gasteiger partial charge < -0.3 is 10.6 Å². The van der Waals surface area contributed by atoms with Crippen molar-refractivity contribution in [3.05, 3.63) is 58.6 Å². The van der Waals surface area contributed by atoms with Gasteiger partial charge in [-0.05, 0) is 51.1 Å². The zero-order chi connectivity index (χ0) is 21.1. The second-order valence-corrected chi connectivity index (χ2v) is 9.43. The molecule has 0 saturated heterocycles. The van der Waals surface area contributed by atoms with Gasteiger partial charge in [0.15, 0.2) is 0 Å². The Hall–Kier alpha value is -2.58. The third-order valence-electron chi connectivity index (χ3n) is 3.42. The maximum Gasteiger partial charge on any atom is 0.257 e. The highest BCUT2D eigenvalue weighted by molar-refractivity contribution is 7.92. The predicted octanol–water partition coefficient (Wildman–Crippen LogP) is 3.49. The molecule has 28 heavy (non-hydrogen) atoms. The van der Waals surface area contributed by atoms with E-state index in [1.54, 1.807) is 24.3 Å². The van der Waals surface area contributed by atoms with Gasteiger partial charge in [0.2, 0.25) is 10.0 Å². The van der Waals surface area contributed by atoms with Crippen LogP contribution in [0.2, 0.25) is 5.02 Å². The molecule has 150 valence electrons. The normalized spacial score (nSPS) is 11.6. The average Bonchev–Trinajstić information content (AvgIpc) is 2.54. The summed E-state index contributed by atoms with van der Waals surface area (Å²) in [5, 5.41) is 5.65. The smallest absolute Gasteiger partial charge is 0.257 e.